The fourth-order valence-corrected chi connectivity index (χ4v) is 2.23. The van der Waals surface area contributed by atoms with E-state index in [4.69, 9.17) is 0 Å². The second-order valence-electron chi connectivity index (χ2n) is 5.23. The molecule has 0 spiro atoms. The number of aromatic nitrogens is 1. The Labute approximate surface area is 105 Å². The first kappa shape index (κ1) is 14.1. The standard InChI is InChI=1S/C14H25N3/c1-5-14(2,11-15-3)12-17(4)10-13-7-6-8-16-9-13/h6-9,15H,5,10-12H2,1-4H3. The first-order valence-corrected chi connectivity index (χ1v) is 6.31. The fourth-order valence-electron chi connectivity index (χ4n) is 2.23. The van der Waals surface area contributed by atoms with Crippen molar-refractivity contribution in [3.8, 4) is 0 Å². The zero-order valence-corrected chi connectivity index (χ0v) is 11.5. The first-order chi connectivity index (χ1) is 8.09. The summed E-state index contributed by atoms with van der Waals surface area (Å²) >= 11 is 0. The van der Waals surface area contributed by atoms with Gasteiger partial charge in [-0.3, -0.25) is 4.98 Å². The summed E-state index contributed by atoms with van der Waals surface area (Å²) < 4.78 is 0. The van der Waals surface area contributed by atoms with Gasteiger partial charge in [0.05, 0.1) is 0 Å². The number of hydrogen-bond donors (Lipinski definition) is 1. The normalized spacial score (nSPS) is 14.9. The van der Waals surface area contributed by atoms with Crippen LogP contribution in [0.3, 0.4) is 0 Å². The van der Waals surface area contributed by atoms with Gasteiger partial charge in [0.2, 0.25) is 0 Å². The van der Waals surface area contributed by atoms with Gasteiger partial charge in [0.15, 0.2) is 0 Å². The number of pyridine rings is 1. The van der Waals surface area contributed by atoms with Gasteiger partial charge in [-0.25, -0.2) is 0 Å². The molecule has 17 heavy (non-hydrogen) atoms. The zero-order valence-electron chi connectivity index (χ0n) is 11.5. The summed E-state index contributed by atoms with van der Waals surface area (Å²) in [6, 6.07) is 4.13. The average Bonchev–Trinajstić information content (AvgIpc) is 2.30. The quantitative estimate of drug-likeness (QED) is 0.785. The summed E-state index contributed by atoms with van der Waals surface area (Å²) in [7, 11) is 4.20. The van der Waals surface area contributed by atoms with Gasteiger partial charge in [0, 0.05) is 32.0 Å². The maximum absolute atomic E-state index is 4.15. The zero-order chi connectivity index (χ0) is 12.7. The third kappa shape index (κ3) is 4.84. The lowest BCUT2D eigenvalue weighted by Gasteiger charge is -2.33. The predicted molar refractivity (Wildman–Crippen MR) is 72.9 cm³/mol. The van der Waals surface area contributed by atoms with Gasteiger partial charge in [0.1, 0.15) is 0 Å². The largest absolute Gasteiger partial charge is 0.319 e. The highest BCUT2D eigenvalue weighted by molar-refractivity contribution is 5.08. The molecule has 1 aromatic heterocycles. The van der Waals surface area contributed by atoms with Crippen LogP contribution in [0.4, 0.5) is 0 Å². The number of nitrogens with zero attached hydrogens (tertiary/aromatic N) is 2. The molecule has 96 valence electrons. The predicted octanol–water partition coefficient (Wildman–Crippen LogP) is 2.15. The molecule has 3 nitrogen and oxygen atoms in total. The van der Waals surface area contributed by atoms with Gasteiger partial charge in [0.25, 0.3) is 0 Å². The summed E-state index contributed by atoms with van der Waals surface area (Å²) in [5, 5.41) is 3.29. The molecule has 1 N–H and O–H groups in total. The van der Waals surface area contributed by atoms with Crippen LogP contribution in [-0.4, -0.2) is 37.1 Å². The summed E-state index contributed by atoms with van der Waals surface area (Å²) in [5.41, 5.74) is 1.61. The summed E-state index contributed by atoms with van der Waals surface area (Å²) in [6.07, 6.45) is 4.95. The Bertz CT molecular complexity index is 313. The molecule has 0 fully saturated rings. The molecule has 0 aliphatic carbocycles. The second kappa shape index (κ2) is 6.72. The van der Waals surface area contributed by atoms with Crippen LogP contribution in [0.2, 0.25) is 0 Å². The van der Waals surface area contributed by atoms with E-state index in [2.05, 4.69) is 42.2 Å². The Hall–Kier alpha value is -0.930. The van der Waals surface area contributed by atoms with Crippen molar-refractivity contribution in [3.05, 3.63) is 30.1 Å². The Morgan fingerprint density at radius 1 is 1.47 bits per heavy atom. The van der Waals surface area contributed by atoms with Crippen molar-refractivity contribution in [2.24, 2.45) is 5.41 Å². The minimum Gasteiger partial charge on any atom is -0.319 e. The van der Waals surface area contributed by atoms with Crippen LogP contribution in [0.15, 0.2) is 24.5 Å². The molecule has 3 heteroatoms. The molecule has 0 aromatic carbocycles. The van der Waals surface area contributed by atoms with Crippen molar-refractivity contribution in [3.63, 3.8) is 0 Å². The van der Waals surface area contributed by atoms with Crippen LogP contribution in [0.25, 0.3) is 0 Å². The van der Waals surface area contributed by atoms with Gasteiger partial charge in [-0.1, -0.05) is 19.9 Å². The lowest BCUT2D eigenvalue weighted by Crippen LogP contribution is -2.39. The van der Waals surface area contributed by atoms with Gasteiger partial charge in [-0.15, -0.1) is 0 Å². The smallest absolute Gasteiger partial charge is 0.0312 e. The van der Waals surface area contributed by atoms with Crippen molar-refractivity contribution in [2.75, 3.05) is 27.2 Å². The molecule has 1 rings (SSSR count). The maximum atomic E-state index is 4.15. The topological polar surface area (TPSA) is 28.2 Å². The molecule has 0 radical (unpaired) electrons. The van der Waals surface area contributed by atoms with Crippen LogP contribution in [-0.2, 0) is 6.54 Å². The van der Waals surface area contributed by atoms with Crippen molar-refractivity contribution >= 4 is 0 Å². The van der Waals surface area contributed by atoms with Crippen LogP contribution >= 0.6 is 0 Å². The number of nitrogens with one attached hydrogen (secondary N) is 1. The molecule has 0 amide bonds. The van der Waals surface area contributed by atoms with Gasteiger partial charge in [-0.05, 0) is 37.6 Å². The van der Waals surface area contributed by atoms with Gasteiger partial charge >= 0.3 is 0 Å². The van der Waals surface area contributed by atoms with Crippen LogP contribution in [0.5, 0.6) is 0 Å². The summed E-state index contributed by atoms with van der Waals surface area (Å²) in [5.74, 6) is 0. The van der Waals surface area contributed by atoms with E-state index < -0.39 is 0 Å². The van der Waals surface area contributed by atoms with E-state index in [9.17, 15) is 0 Å². The van der Waals surface area contributed by atoms with E-state index in [1.54, 1.807) is 0 Å². The lowest BCUT2D eigenvalue weighted by atomic mass is 9.87. The van der Waals surface area contributed by atoms with E-state index >= 15 is 0 Å². The summed E-state index contributed by atoms with van der Waals surface area (Å²) in [6.45, 7) is 7.71. The van der Waals surface area contributed by atoms with Gasteiger partial charge in [-0.2, -0.15) is 0 Å². The van der Waals surface area contributed by atoms with Crippen LogP contribution < -0.4 is 5.32 Å². The highest BCUT2D eigenvalue weighted by atomic mass is 15.1. The Balaban J connectivity index is 2.51. The molecule has 0 aliphatic heterocycles. The van der Waals surface area contributed by atoms with Gasteiger partial charge < -0.3 is 10.2 Å². The third-order valence-corrected chi connectivity index (χ3v) is 3.28. The summed E-state index contributed by atoms with van der Waals surface area (Å²) in [4.78, 5) is 6.52. The monoisotopic (exact) mass is 235 g/mol. The van der Waals surface area contributed by atoms with Crippen molar-refractivity contribution in [2.45, 2.75) is 26.8 Å². The van der Waals surface area contributed by atoms with Crippen molar-refractivity contribution < 1.29 is 0 Å². The highest BCUT2D eigenvalue weighted by Crippen LogP contribution is 2.21. The number of rotatable bonds is 7. The maximum Gasteiger partial charge on any atom is 0.0312 e. The molecule has 1 aromatic rings. The third-order valence-electron chi connectivity index (χ3n) is 3.28. The molecule has 0 aliphatic rings. The number of hydrogen-bond acceptors (Lipinski definition) is 3. The minimum absolute atomic E-state index is 0.339. The first-order valence-electron chi connectivity index (χ1n) is 6.31. The molecule has 1 unspecified atom stereocenters. The minimum atomic E-state index is 0.339. The molecule has 1 heterocycles. The van der Waals surface area contributed by atoms with Crippen molar-refractivity contribution in [1.29, 1.82) is 0 Å². The van der Waals surface area contributed by atoms with Crippen LogP contribution in [0, 0.1) is 5.41 Å². The molecule has 0 bridgehead atoms. The van der Waals surface area contributed by atoms with E-state index in [0.29, 0.717) is 5.41 Å². The SMILES string of the molecule is CCC(C)(CNC)CN(C)Cc1cccnc1. The van der Waals surface area contributed by atoms with E-state index in [0.717, 1.165) is 19.6 Å². The molecular weight excluding hydrogens is 210 g/mol. The second-order valence-corrected chi connectivity index (χ2v) is 5.23. The molecule has 0 saturated heterocycles. The van der Waals surface area contributed by atoms with Crippen molar-refractivity contribution in [1.82, 2.24) is 15.2 Å². The highest BCUT2D eigenvalue weighted by Gasteiger charge is 2.22. The molecular formula is C14H25N3. The lowest BCUT2D eigenvalue weighted by molar-refractivity contribution is 0.178. The Morgan fingerprint density at radius 3 is 2.76 bits per heavy atom. The van der Waals surface area contributed by atoms with Crippen LogP contribution in [0.1, 0.15) is 25.8 Å². The molecule has 1 atom stereocenters. The van der Waals surface area contributed by atoms with E-state index in [1.807, 2.05) is 25.5 Å². The Morgan fingerprint density at radius 2 is 2.24 bits per heavy atom. The molecule has 0 saturated carbocycles. The van der Waals surface area contributed by atoms with E-state index in [-0.39, 0.29) is 0 Å². The van der Waals surface area contributed by atoms with E-state index in [1.165, 1.54) is 12.0 Å². The average molecular weight is 235 g/mol. The Kier molecular flexibility index (Phi) is 5.59. The fraction of sp³-hybridized carbons (Fsp3) is 0.643.